The van der Waals surface area contributed by atoms with Crippen molar-refractivity contribution in [1.82, 2.24) is 10.2 Å². The lowest BCUT2D eigenvalue weighted by Crippen LogP contribution is -2.49. The van der Waals surface area contributed by atoms with Gasteiger partial charge in [-0.15, -0.1) is 0 Å². The minimum absolute atomic E-state index is 0.219. The summed E-state index contributed by atoms with van der Waals surface area (Å²) in [6, 6.07) is -0.820. The molecule has 92 valence electrons. The summed E-state index contributed by atoms with van der Waals surface area (Å²) < 4.78 is 0. The molecule has 0 aliphatic rings. The lowest BCUT2D eigenvalue weighted by Gasteiger charge is -2.26. The fourth-order valence-corrected chi connectivity index (χ4v) is 1.06. The Morgan fingerprint density at radius 2 is 2.00 bits per heavy atom. The number of nitrogens with zero attached hydrogens (tertiary/aromatic N) is 1. The molecule has 0 fully saturated rings. The smallest absolute Gasteiger partial charge is 0.323 e. The van der Waals surface area contributed by atoms with Crippen LogP contribution in [0.25, 0.3) is 0 Å². The number of aliphatic carboxylic acids is 1. The molecule has 0 aromatic rings. The lowest BCUT2D eigenvalue weighted by molar-refractivity contribution is -0.138. The molecule has 0 bridgehead atoms. The Bertz CT molecular complexity index is 280. The van der Waals surface area contributed by atoms with Gasteiger partial charge in [0.05, 0.1) is 6.54 Å². The predicted molar refractivity (Wildman–Crippen MR) is 56.7 cm³/mol. The zero-order chi connectivity index (χ0) is 12.7. The van der Waals surface area contributed by atoms with Crippen LogP contribution in [-0.2, 0) is 9.59 Å². The van der Waals surface area contributed by atoms with Crippen molar-refractivity contribution < 1.29 is 19.5 Å². The van der Waals surface area contributed by atoms with Gasteiger partial charge in [-0.2, -0.15) is 0 Å². The van der Waals surface area contributed by atoms with Gasteiger partial charge in [-0.25, -0.2) is 4.79 Å². The van der Waals surface area contributed by atoms with Crippen LogP contribution in [0.2, 0.25) is 0 Å². The highest BCUT2D eigenvalue weighted by Crippen LogP contribution is 2.03. The van der Waals surface area contributed by atoms with E-state index in [4.69, 9.17) is 10.8 Å². The number of primary amides is 1. The minimum atomic E-state index is -1.10. The molecule has 1 unspecified atom stereocenters. The van der Waals surface area contributed by atoms with Gasteiger partial charge in [0.1, 0.15) is 6.54 Å². The van der Waals surface area contributed by atoms with E-state index in [9.17, 15) is 14.4 Å². The maximum absolute atomic E-state index is 11.5. The maximum Gasteiger partial charge on any atom is 0.323 e. The first-order chi connectivity index (χ1) is 7.38. The number of rotatable bonds is 6. The number of nitrogens with one attached hydrogen (secondary N) is 1. The van der Waals surface area contributed by atoms with Gasteiger partial charge in [0, 0.05) is 6.04 Å². The number of amides is 3. The van der Waals surface area contributed by atoms with E-state index in [2.05, 4.69) is 5.32 Å². The highest BCUT2D eigenvalue weighted by Gasteiger charge is 2.21. The van der Waals surface area contributed by atoms with Gasteiger partial charge >= 0.3 is 12.0 Å². The number of carboxylic acid groups (broad SMARTS) is 1. The Labute approximate surface area is 93.6 Å². The number of hydrogen-bond acceptors (Lipinski definition) is 3. The van der Waals surface area contributed by atoms with Crippen LogP contribution >= 0.6 is 0 Å². The Morgan fingerprint density at radius 3 is 2.38 bits per heavy atom. The Kier molecular flexibility index (Phi) is 5.91. The normalized spacial score (nSPS) is 11.6. The molecule has 0 aliphatic carbocycles. The summed E-state index contributed by atoms with van der Waals surface area (Å²) in [7, 11) is 0. The van der Waals surface area contributed by atoms with Gasteiger partial charge in [0.25, 0.3) is 0 Å². The first kappa shape index (κ1) is 14.2. The van der Waals surface area contributed by atoms with E-state index in [1.165, 1.54) is 0 Å². The summed E-state index contributed by atoms with van der Waals surface area (Å²) >= 11 is 0. The molecular weight excluding hydrogens is 214 g/mol. The van der Waals surface area contributed by atoms with Gasteiger partial charge < -0.3 is 21.1 Å². The number of carbonyl (C=O) groups excluding carboxylic acids is 2. The van der Waals surface area contributed by atoms with Gasteiger partial charge in [0.15, 0.2) is 0 Å². The number of hydrogen-bond donors (Lipinski definition) is 3. The molecule has 16 heavy (non-hydrogen) atoms. The summed E-state index contributed by atoms with van der Waals surface area (Å²) in [4.78, 5) is 33.7. The molecule has 1 atom stereocenters. The summed E-state index contributed by atoms with van der Waals surface area (Å²) in [5.41, 5.74) is 4.86. The summed E-state index contributed by atoms with van der Waals surface area (Å²) in [5.74, 6) is -1.78. The largest absolute Gasteiger partial charge is 0.480 e. The van der Waals surface area contributed by atoms with E-state index < -0.39 is 24.5 Å². The van der Waals surface area contributed by atoms with Crippen LogP contribution in [0.5, 0.6) is 0 Å². The monoisotopic (exact) mass is 231 g/mol. The topological polar surface area (TPSA) is 113 Å². The first-order valence-corrected chi connectivity index (χ1v) is 4.93. The highest BCUT2D eigenvalue weighted by atomic mass is 16.4. The SMILES string of the molecule is CCC(C)N(CC(=O)O)C(=O)NCC(N)=O. The zero-order valence-electron chi connectivity index (χ0n) is 9.40. The molecule has 3 amide bonds. The van der Waals surface area contributed by atoms with E-state index in [1.54, 1.807) is 6.92 Å². The number of carbonyl (C=O) groups is 3. The summed E-state index contributed by atoms with van der Waals surface area (Å²) in [5, 5.41) is 10.9. The molecule has 7 nitrogen and oxygen atoms in total. The van der Waals surface area contributed by atoms with Crippen LogP contribution in [0.3, 0.4) is 0 Å². The van der Waals surface area contributed by atoms with Gasteiger partial charge in [-0.1, -0.05) is 6.92 Å². The molecular formula is C9H17N3O4. The lowest BCUT2D eigenvalue weighted by atomic mass is 10.2. The first-order valence-electron chi connectivity index (χ1n) is 4.93. The number of carboxylic acids is 1. The molecule has 0 aromatic heterocycles. The number of urea groups is 1. The molecule has 4 N–H and O–H groups in total. The summed E-state index contributed by atoms with van der Waals surface area (Å²) in [6.45, 7) is 2.86. The predicted octanol–water partition coefficient (Wildman–Crippen LogP) is -0.634. The molecule has 0 saturated carbocycles. The third-order valence-electron chi connectivity index (χ3n) is 2.10. The molecule has 0 rings (SSSR count). The van der Waals surface area contributed by atoms with Crippen molar-refractivity contribution in [3.8, 4) is 0 Å². The van der Waals surface area contributed by atoms with Crippen LogP contribution in [0.4, 0.5) is 4.79 Å². The Morgan fingerprint density at radius 1 is 1.44 bits per heavy atom. The van der Waals surface area contributed by atoms with E-state index in [-0.39, 0.29) is 12.6 Å². The van der Waals surface area contributed by atoms with Crippen molar-refractivity contribution in [3.05, 3.63) is 0 Å². The van der Waals surface area contributed by atoms with E-state index >= 15 is 0 Å². The summed E-state index contributed by atoms with van der Waals surface area (Å²) in [6.07, 6.45) is 0.622. The molecule has 0 saturated heterocycles. The van der Waals surface area contributed by atoms with Gasteiger partial charge in [-0.3, -0.25) is 9.59 Å². The van der Waals surface area contributed by atoms with E-state index in [1.807, 2.05) is 6.92 Å². The van der Waals surface area contributed by atoms with Gasteiger partial charge in [-0.05, 0) is 13.3 Å². The Hall–Kier alpha value is -1.79. The second-order valence-corrected chi connectivity index (χ2v) is 3.40. The van der Waals surface area contributed by atoms with Gasteiger partial charge in [0.2, 0.25) is 5.91 Å². The standard InChI is InChI=1S/C9H17N3O4/c1-3-6(2)12(5-8(14)15)9(16)11-4-7(10)13/h6H,3-5H2,1-2H3,(H2,10,13)(H,11,16)(H,14,15). The van der Waals surface area contributed by atoms with Crippen molar-refractivity contribution >= 4 is 17.9 Å². The van der Waals surface area contributed by atoms with E-state index in [0.717, 1.165) is 4.90 Å². The third kappa shape index (κ3) is 5.18. The average Bonchev–Trinajstić information content (AvgIpc) is 2.21. The van der Waals surface area contributed by atoms with Crippen LogP contribution in [0.1, 0.15) is 20.3 Å². The van der Waals surface area contributed by atoms with Crippen molar-refractivity contribution in [1.29, 1.82) is 0 Å². The quantitative estimate of drug-likeness (QED) is 0.564. The average molecular weight is 231 g/mol. The highest BCUT2D eigenvalue weighted by molar-refractivity contribution is 5.84. The molecule has 0 heterocycles. The number of nitrogens with two attached hydrogens (primary N) is 1. The second-order valence-electron chi connectivity index (χ2n) is 3.40. The second kappa shape index (κ2) is 6.65. The van der Waals surface area contributed by atoms with Crippen LogP contribution in [0, 0.1) is 0 Å². The van der Waals surface area contributed by atoms with Crippen molar-refractivity contribution in [2.24, 2.45) is 5.73 Å². The molecule has 0 radical (unpaired) electrons. The molecule has 0 spiro atoms. The maximum atomic E-state index is 11.5. The Balaban J connectivity index is 4.43. The third-order valence-corrected chi connectivity index (χ3v) is 2.10. The molecule has 0 aromatic carbocycles. The van der Waals surface area contributed by atoms with Crippen LogP contribution in [-0.4, -0.2) is 47.0 Å². The van der Waals surface area contributed by atoms with Crippen molar-refractivity contribution in [2.45, 2.75) is 26.3 Å². The zero-order valence-corrected chi connectivity index (χ0v) is 9.40. The van der Waals surface area contributed by atoms with Crippen LogP contribution < -0.4 is 11.1 Å². The van der Waals surface area contributed by atoms with Crippen LogP contribution in [0.15, 0.2) is 0 Å². The molecule has 7 heteroatoms. The minimum Gasteiger partial charge on any atom is -0.480 e. The van der Waals surface area contributed by atoms with Crippen molar-refractivity contribution in [2.75, 3.05) is 13.1 Å². The molecule has 0 aliphatic heterocycles. The van der Waals surface area contributed by atoms with Crippen molar-refractivity contribution in [3.63, 3.8) is 0 Å². The van der Waals surface area contributed by atoms with E-state index in [0.29, 0.717) is 6.42 Å². The fraction of sp³-hybridized carbons (Fsp3) is 0.667. The fourth-order valence-electron chi connectivity index (χ4n) is 1.06.